The minimum absolute atomic E-state index is 0.324. The van der Waals surface area contributed by atoms with Crippen LogP contribution in [0.15, 0.2) is 0 Å². The number of rotatable bonds is 1. The zero-order valence-electron chi connectivity index (χ0n) is 7.51. The predicted molar refractivity (Wildman–Crippen MR) is 47.9 cm³/mol. The Balaban J connectivity index is 1.94. The maximum Gasteiger partial charge on any atom is 0.0704 e. The Morgan fingerprint density at radius 1 is 1.58 bits per heavy atom. The summed E-state index contributed by atoms with van der Waals surface area (Å²) in [5, 5.41) is 3.44. The summed E-state index contributed by atoms with van der Waals surface area (Å²) in [6, 6.07) is 0. The molecular formula is C9H18N2O. The summed E-state index contributed by atoms with van der Waals surface area (Å²) < 4.78 is 5.63. The van der Waals surface area contributed by atoms with Crippen molar-refractivity contribution >= 4 is 0 Å². The standard InChI is InChI=1S/C9H18N2O/c10-5-8-4-9(7-12-8)2-1-3-11-6-9/h8,11H,1-7,10H2/t8-,9-/m1/s1. The summed E-state index contributed by atoms with van der Waals surface area (Å²) in [4.78, 5) is 0. The van der Waals surface area contributed by atoms with Crippen molar-refractivity contribution < 1.29 is 4.74 Å². The van der Waals surface area contributed by atoms with E-state index in [0.717, 1.165) is 19.6 Å². The van der Waals surface area contributed by atoms with Crippen LogP contribution in [0.3, 0.4) is 0 Å². The Labute approximate surface area is 73.7 Å². The van der Waals surface area contributed by atoms with Gasteiger partial charge in [0, 0.05) is 18.5 Å². The van der Waals surface area contributed by atoms with Gasteiger partial charge in [0.15, 0.2) is 0 Å². The summed E-state index contributed by atoms with van der Waals surface area (Å²) in [5.74, 6) is 0. The van der Waals surface area contributed by atoms with Crippen molar-refractivity contribution in [1.29, 1.82) is 0 Å². The van der Waals surface area contributed by atoms with Gasteiger partial charge in [0.25, 0.3) is 0 Å². The van der Waals surface area contributed by atoms with E-state index in [2.05, 4.69) is 5.32 Å². The van der Waals surface area contributed by atoms with Gasteiger partial charge in [-0.05, 0) is 25.8 Å². The summed E-state index contributed by atoms with van der Waals surface area (Å²) in [6.45, 7) is 3.90. The average molecular weight is 170 g/mol. The molecule has 0 aromatic carbocycles. The largest absolute Gasteiger partial charge is 0.376 e. The molecule has 2 atom stereocenters. The summed E-state index contributed by atoms with van der Waals surface area (Å²) in [7, 11) is 0. The van der Waals surface area contributed by atoms with E-state index in [4.69, 9.17) is 10.5 Å². The molecule has 0 aromatic heterocycles. The van der Waals surface area contributed by atoms with Crippen molar-refractivity contribution in [3.8, 4) is 0 Å². The number of hydrogen-bond acceptors (Lipinski definition) is 3. The van der Waals surface area contributed by atoms with Crippen LogP contribution in [0.5, 0.6) is 0 Å². The van der Waals surface area contributed by atoms with Crippen molar-refractivity contribution in [2.24, 2.45) is 11.1 Å². The minimum Gasteiger partial charge on any atom is -0.376 e. The molecule has 2 saturated heterocycles. The molecule has 0 aromatic rings. The molecule has 2 fully saturated rings. The molecule has 2 aliphatic rings. The van der Waals surface area contributed by atoms with E-state index < -0.39 is 0 Å². The van der Waals surface area contributed by atoms with Gasteiger partial charge in [-0.3, -0.25) is 0 Å². The Hall–Kier alpha value is -0.120. The fourth-order valence-corrected chi connectivity index (χ4v) is 2.37. The Morgan fingerprint density at radius 2 is 2.50 bits per heavy atom. The first-order valence-electron chi connectivity index (χ1n) is 4.87. The van der Waals surface area contributed by atoms with E-state index in [1.165, 1.54) is 19.4 Å². The van der Waals surface area contributed by atoms with Crippen LogP contribution in [0.2, 0.25) is 0 Å². The van der Waals surface area contributed by atoms with E-state index in [0.29, 0.717) is 18.1 Å². The van der Waals surface area contributed by atoms with E-state index in [1.807, 2.05) is 0 Å². The van der Waals surface area contributed by atoms with Gasteiger partial charge in [-0.2, -0.15) is 0 Å². The number of ether oxygens (including phenoxy) is 1. The van der Waals surface area contributed by atoms with Crippen LogP contribution in [-0.2, 0) is 4.74 Å². The third-order valence-corrected chi connectivity index (χ3v) is 3.11. The molecule has 0 saturated carbocycles. The van der Waals surface area contributed by atoms with E-state index in [1.54, 1.807) is 0 Å². The van der Waals surface area contributed by atoms with Gasteiger partial charge in [-0.15, -0.1) is 0 Å². The Morgan fingerprint density at radius 3 is 3.08 bits per heavy atom. The normalized spacial score (nSPS) is 42.2. The maximum absolute atomic E-state index is 5.63. The van der Waals surface area contributed by atoms with Crippen LogP contribution in [0.25, 0.3) is 0 Å². The number of piperidine rings is 1. The predicted octanol–water partition coefficient (Wildman–Crippen LogP) is 0.104. The second-order valence-electron chi connectivity index (χ2n) is 4.15. The molecule has 0 bridgehead atoms. The van der Waals surface area contributed by atoms with Crippen molar-refractivity contribution in [2.45, 2.75) is 25.4 Å². The highest BCUT2D eigenvalue weighted by molar-refractivity contribution is 4.92. The van der Waals surface area contributed by atoms with Gasteiger partial charge >= 0.3 is 0 Å². The van der Waals surface area contributed by atoms with Crippen LogP contribution < -0.4 is 11.1 Å². The van der Waals surface area contributed by atoms with Gasteiger partial charge in [-0.1, -0.05) is 0 Å². The Kier molecular flexibility index (Phi) is 2.35. The Bertz CT molecular complexity index is 155. The molecular weight excluding hydrogens is 152 g/mol. The van der Waals surface area contributed by atoms with Crippen molar-refractivity contribution in [3.63, 3.8) is 0 Å². The number of hydrogen-bond donors (Lipinski definition) is 2. The van der Waals surface area contributed by atoms with Crippen LogP contribution >= 0.6 is 0 Å². The topological polar surface area (TPSA) is 47.3 Å². The molecule has 12 heavy (non-hydrogen) atoms. The van der Waals surface area contributed by atoms with Crippen LogP contribution in [0, 0.1) is 5.41 Å². The molecule has 3 nitrogen and oxygen atoms in total. The first-order chi connectivity index (χ1) is 5.85. The fourth-order valence-electron chi connectivity index (χ4n) is 2.37. The quantitative estimate of drug-likeness (QED) is 0.587. The second-order valence-corrected chi connectivity index (χ2v) is 4.15. The summed E-state index contributed by atoms with van der Waals surface area (Å²) in [5.41, 5.74) is 6.01. The van der Waals surface area contributed by atoms with Crippen LogP contribution in [-0.4, -0.2) is 32.3 Å². The molecule has 3 N–H and O–H groups in total. The maximum atomic E-state index is 5.63. The average Bonchev–Trinajstić information content (AvgIpc) is 2.50. The second kappa shape index (κ2) is 3.32. The highest BCUT2D eigenvalue weighted by Gasteiger charge is 2.40. The van der Waals surface area contributed by atoms with E-state index >= 15 is 0 Å². The lowest BCUT2D eigenvalue weighted by atomic mass is 9.79. The fraction of sp³-hybridized carbons (Fsp3) is 1.00. The molecule has 0 amide bonds. The minimum atomic E-state index is 0.324. The highest BCUT2D eigenvalue weighted by Crippen LogP contribution is 2.37. The van der Waals surface area contributed by atoms with Gasteiger partial charge in [0.2, 0.25) is 0 Å². The van der Waals surface area contributed by atoms with Crippen molar-refractivity contribution in [1.82, 2.24) is 5.32 Å². The van der Waals surface area contributed by atoms with Crippen molar-refractivity contribution in [3.05, 3.63) is 0 Å². The lowest BCUT2D eigenvalue weighted by Crippen LogP contribution is -2.40. The highest BCUT2D eigenvalue weighted by atomic mass is 16.5. The molecule has 70 valence electrons. The van der Waals surface area contributed by atoms with E-state index in [9.17, 15) is 0 Å². The third kappa shape index (κ3) is 1.49. The first kappa shape index (κ1) is 8.48. The van der Waals surface area contributed by atoms with Crippen LogP contribution in [0.1, 0.15) is 19.3 Å². The van der Waals surface area contributed by atoms with Gasteiger partial charge < -0.3 is 15.8 Å². The van der Waals surface area contributed by atoms with Gasteiger partial charge in [0.05, 0.1) is 12.7 Å². The zero-order valence-corrected chi connectivity index (χ0v) is 7.51. The molecule has 1 spiro atoms. The summed E-state index contributed by atoms with van der Waals surface area (Å²) >= 11 is 0. The van der Waals surface area contributed by atoms with E-state index in [-0.39, 0.29) is 0 Å². The third-order valence-electron chi connectivity index (χ3n) is 3.11. The molecule has 0 radical (unpaired) electrons. The monoisotopic (exact) mass is 170 g/mol. The lowest BCUT2D eigenvalue weighted by Gasteiger charge is -2.32. The number of nitrogens with one attached hydrogen (secondary N) is 1. The molecule has 2 rings (SSSR count). The molecule has 2 heterocycles. The smallest absolute Gasteiger partial charge is 0.0704 e. The molecule has 0 aliphatic carbocycles. The molecule has 2 aliphatic heterocycles. The van der Waals surface area contributed by atoms with Crippen LogP contribution in [0.4, 0.5) is 0 Å². The van der Waals surface area contributed by atoms with Crippen molar-refractivity contribution in [2.75, 3.05) is 26.2 Å². The first-order valence-corrected chi connectivity index (χ1v) is 4.87. The zero-order chi connectivity index (χ0) is 8.44. The summed E-state index contributed by atoms with van der Waals surface area (Å²) in [6.07, 6.45) is 4.10. The SMILES string of the molecule is NC[C@H]1C[C@@]2(CCCNC2)CO1. The number of nitrogens with two attached hydrogens (primary N) is 1. The molecule has 0 unspecified atom stereocenters. The molecule has 3 heteroatoms. The lowest BCUT2D eigenvalue weighted by molar-refractivity contribution is 0.0923. The van der Waals surface area contributed by atoms with Gasteiger partial charge in [0.1, 0.15) is 0 Å². The van der Waals surface area contributed by atoms with Gasteiger partial charge in [-0.25, -0.2) is 0 Å².